The van der Waals surface area contributed by atoms with Crippen LogP contribution in [0.4, 0.5) is 24.7 Å². The van der Waals surface area contributed by atoms with Gasteiger partial charge in [-0.1, -0.05) is 0 Å². The van der Waals surface area contributed by atoms with E-state index >= 15 is 0 Å². The third kappa shape index (κ3) is 5.28. The van der Waals surface area contributed by atoms with Gasteiger partial charge in [-0.05, 0) is 6.07 Å². The number of aromatic nitrogens is 3. The fraction of sp³-hybridized carbons (Fsp3) is 0.412. The maximum Gasteiger partial charge on any atom is 0.419 e. The fourth-order valence-corrected chi connectivity index (χ4v) is 2.60. The summed E-state index contributed by atoms with van der Waals surface area (Å²) < 4.78 is 45.4. The van der Waals surface area contributed by atoms with E-state index in [0.717, 1.165) is 12.7 Å². The minimum Gasteiger partial charge on any atom is -0.382 e. The van der Waals surface area contributed by atoms with Gasteiger partial charge in [-0.25, -0.2) is 9.97 Å². The lowest BCUT2D eigenvalue weighted by Gasteiger charge is -2.25. The van der Waals surface area contributed by atoms with Gasteiger partial charge in [0.2, 0.25) is 0 Å². The van der Waals surface area contributed by atoms with E-state index < -0.39 is 11.7 Å². The summed E-state index contributed by atoms with van der Waals surface area (Å²) in [6.45, 7) is 2.22. The lowest BCUT2D eigenvalue weighted by Crippen LogP contribution is -2.42. The van der Waals surface area contributed by atoms with Gasteiger partial charge in [-0.15, -0.1) is 0 Å². The summed E-state index contributed by atoms with van der Waals surface area (Å²) in [6, 6.07) is 3.20. The summed E-state index contributed by atoms with van der Waals surface area (Å²) in [5, 5.41) is 17.6. The first-order valence-corrected chi connectivity index (χ1v) is 8.54. The summed E-state index contributed by atoms with van der Waals surface area (Å²) in [5.41, 5.74) is -0.328. The molecular weight excluding hydrogens is 375 g/mol. The molecule has 2 aromatic heterocycles. The summed E-state index contributed by atoms with van der Waals surface area (Å²) in [7, 11) is 0. The first kappa shape index (κ1) is 19.8. The Bertz CT molecular complexity index is 830. The molecule has 0 amide bonds. The van der Waals surface area contributed by atoms with E-state index in [1.54, 1.807) is 0 Å². The number of nitrogens with zero attached hydrogens (tertiary/aromatic N) is 4. The third-order valence-electron chi connectivity index (χ3n) is 4.01. The Kier molecular flexibility index (Phi) is 6.23. The summed E-state index contributed by atoms with van der Waals surface area (Å²) in [6.07, 6.45) is -1.25. The van der Waals surface area contributed by atoms with Crippen molar-refractivity contribution in [3.05, 3.63) is 41.6 Å². The summed E-state index contributed by atoms with van der Waals surface area (Å²) in [4.78, 5) is 11.7. The van der Waals surface area contributed by atoms with Gasteiger partial charge in [-0.2, -0.15) is 18.4 Å². The zero-order valence-electron chi connectivity index (χ0n) is 14.8. The molecule has 1 aliphatic rings. The first-order chi connectivity index (χ1) is 13.5. The van der Waals surface area contributed by atoms with Crippen molar-refractivity contribution in [2.24, 2.45) is 0 Å². The molecule has 3 N–H and O–H groups in total. The molecule has 1 fully saturated rings. The zero-order valence-corrected chi connectivity index (χ0v) is 14.8. The van der Waals surface area contributed by atoms with Crippen LogP contribution in [-0.2, 0) is 17.5 Å². The second kappa shape index (κ2) is 8.81. The van der Waals surface area contributed by atoms with Crippen molar-refractivity contribution in [2.45, 2.75) is 18.8 Å². The van der Waals surface area contributed by atoms with Crippen molar-refractivity contribution >= 4 is 11.5 Å². The lowest BCUT2D eigenvalue weighted by atomic mass is 10.2. The van der Waals surface area contributed by atoms with Crippen LogP contribution in [0.1, 0.15) is 17.0 Å². The van der Waals surface area contributed by atoms with Gasteiger partial charge in [-0.3, -0.25) is 4.98 Å². The summed E-state index contributed by atoms with van der Waals surface area (Å²) >= 11 is 0. The number of nitrogens with one attached hydrogen (secondary N) is 3. The number of alkyl halides is 3. The van der Waals surface area contributed by atoms with Crippen LogP contribution in [0.25, 0.3) is 0 Å². The van der Waals surface area contributed by atoms with Crippen LogP contribution < -0.4 is 16.0 Å². The number of anilines is 2. The van der Waals surface area contributed by atoms with E-state index in [4.69, 9.17) is 10.00 Å². The van der Waals surface area contributed by atoms with Crippen molar-refractivity contribution in [2.75, 3.05) is 36.9 Å². The van der Waals surface area contributed by atoms with Crippen LogP contribution in [0.3, 0.4) is 0 Å². The molecule has 11 heteroatoms. The average molecular weight is 393 g/mol. The standard InChI is InChI=1S/C17H18F3N7O/c18-17(19,20)14-9-23-11(5-26-16-10-24-12(4-21)6-27-16)3-15(14)25-8-13-7-22-1-2-28-13/h3,6,9-10,13,22H,1-2,5,7-8H2,(H,23,25)(H,26,27)/t13-/m1/s1. The van der Waals surface area contributed by atoms with E-state index in [0.29, 0.717) is 24.7 Å². The molecule has 28 heavy (non-hydrogen) atoms. The predicted octanol–water partition coefficient (Wildman–Crippen LogP) is 1.77. The number of ether oxygens (including phenoxy) is 1. The Morgan fingerprint density at radius 2 is 2.07 bits per heavy atom. The maximum atomic E-state index is 13.3. The number of halogens is 3. The highest BCUT2D eigenvalue weighted by Gasteiger charge is 2.34. The minimum atomic E-state index is -4.52. The third-order valence-corrected chi connectivity index (χ3v) is 4.01. The van der Waals surface area contributed by atoms with Crippen LogP contribution in [0.15, 0.2) is 24.7 Å². The average Bonchev–Trinajstić information content (AvgIpc) is 2.71. The molecule has 0 radical (unpaired) electrons. The zero-order chi connectivity index (χ0) is 20.0. The number of hydrogen-bond donors (Lipinski definition) is 3. The molecule has 1 saturated heterocycles. The lowest BCUT2D eigenvalue weighted by molar-refractivity contribution is -0.137. The smallest absolute Gasteiger partial charge is 0.382 e. The van der Waals surface area contributed by atoms with Gasteiger partial charge in [0, 0.05) is 31.5 Å². The number of pyridine rings is 1. The Labute approximate surface area is 159 Å². The van der Waals surface area contributed by atoms with Gasteiger partial charge in [0.1, 0.15) is 11.9 Å². The largest absolute Gasteiger partial charge is 0.419 e. The molecule has 2 aromatic rings. The van der Waals surface area contributed by atoms with E-state index in [9.17, 15) is 13.2 Å². The highest BCUT2D eigenvalue weighted by Crippen LogP contribution is 2.34. The van der Waals surface area contributed by atoms with Gasteiger partial charge >= 0.3 is 6.18 Å². The van der Waals surface area contributed by atoms with E-state index in [1.165, 1.54) is 18.5 Å². The van der Waals surface area contributed by atoms with Crippen LogP contribution >= 0.6 is 0 Å². The fourth-order valence-electron chi connectivity index (χ4n) is 2.60. The second-order valence-electron chi connectivity index (χ2n) is 6.05. The highest BCUT2D eigenvalue weighted by molar-refractivity contribution is 5.53. The van der Waals surface area contributed by atoms with Crippen LogP contribution in [0, 0.1) is 11.3 Å². The molecule has 0 bridgehead atoms. The van der Waals surface area contributed by atoms with Crippen LogP contribution in [0.5, 0.6) is 0 Å². The van der Waals surface area contributed by atoms with Crippen LogP contribution in [-0.4, -0.2) is 47.3 Å². The van der Waals surface area contributed by atoms with Crippen molar-refractivity contribution in [1.29, 1.82) is 5.26 Å². The molecule has 0 unspecified atom stereocenters. The molecule has 0 aliphatic carbocycles. The van der Waals surface area contributed by atoms with Crippen molar-refractivity contribution in [1.82, 2.24) is 20.3 Å². The first-order valence-electron chi connectivity index (χ1n) is 8.54. The SMILES string of the molecule is N#Cc1cnc(NCc2cc(NC[C@H]3CNCCO3)c(C(F)(F)F)cn2)cn1. The quantitative estimate of drug-likeness (QED) is 0.682. The molecule has 0 saturated carbocycles. The number of rotatable bonds is 6. The number of hydrogen-bond acceptors (Lipinski definition) is 8. The molecule has 1 aliphatic heterocycles. The Hall–Kier alpha value is -2.97. The van der Waals surface area contributed by atoms with Crippen molar-refractivity contribution < 1.29 is 17.9 Å². The van der Waals surface area contributed by atoms with Crippen molar-refractivity contribution in [3.8, 4) is 6.07 Å². The van der Waals surface area contributed by atoms with Gasteiger partial charge in [0.05, 0.1) is 42.9 Å². The van der Waals surface area contributed by atoms with Gasteiger partial charge < -0.3 is 20.7 Å². The summed E-state index contributed by atoms with van der Waals surface area (Å²) in [5.74, 6) is 0.386. The molecule has 1 atom stereocenters. The molecule has 0 aromatic carbocycles. The second-order valence-corrected chi connectivity index (χ2v) is 6.05. The topological polar surface area (TPSA) is 108 Å². The monoisotopic (exact) mass is 393 g/mol. The number of morpholine rings is 1. The Morgan fingerprint density at radius 1 is 1.21 bits per heavy atom. The molecule has 148 valence electrons. The van der Waals surface area contributed by atoms with E-state index in [1.807, 2.05) is 6.07 Å². The van der Waals surface area contributed by atoms with Gasteiger partial charge in [0.25, 0.3) is 0 Å². The Balaban J connectivity index is 1.69. The molecule has 8 nitrogen and oxygen atoms in total. The molecule has 0 spiro atoms. The van der Waals surface area contributed by atoms with Crippen molar-refractivity contribution in [3.63, 3.8) is 0 Å². The normalized spacial score (nSPS) is 17.0. The van der Waals surface area contributed by atoms with Crippen LogP contribution in [0.2, 0.25) is 0 Å². The Morgan fingerprint density at radius 3 is 2.71 bits per heavy atom. The van der Waals surface area contributed by atoms with E-state index in [-0.39, 0.29) is 30.6 Å². The molecule has 3 heterocycles. The number of nitriles is 1. The van der Waals surface area contributed by atoms with Gasteiger partial charge in [0.15, 0.2) is 5.69 Å². The molecule has 3 rings (SSSR count). The highest BCUT2D eigenvalue weighted by atomic mass is 19.4. The maximum absolute atomic E-state index is 13.3. The predicted molar refractivity (Wildman–Crippen MR) is 94.4 cm³/mol. The van der Waals surface area contributed by atoms with E-state index in [2.05, 4.69) is 30.9 Å². The minimum absolute atomic E-state index is 0.0561. The molecular formula is C17H18F3N7O.